The van der Waals surface area contributed by atoms with Crippen LogP contribution in [-0.2, 0) is 9.59 Å². The Hall–Kier alpha value is -3.20. The van der Waals surface area contributed by atoms with Gasteiger partial charge in [0.15, 0.2) is 5.17 Å². The van der Waals surface area contributed by atoms with Gasteiger partial charge in [-0.1, -0.05) is 23.9 Å². The average molecular weight is 400 g/mol. The number of carbonyl (C=O) groups is 3. The molecule has 3 rings (SSSR count). The number of carboxylic acids is 1. The average Bonchev–Trinajstić information content (AvgIpc) is 2.67. The van der Waals surface area contributed by atoms with E-state index in [9.17, 15) is 23.9 Å². The maximum atomic E-state index is 13.0. The Bertz CT molecular complexity index is 962. The van der Waals surface area contributed by atoms with E-state index in [1.807, 2.05) is 0 Å². The van der Waals surface area contributed by atoms with Gasteiger partial charge >= 0.3 is 0 Å². The number of hydrogen-bond acceptors (Lipinski definition) is 6. The number of halogens is 1. The van der Waals surface area contributed by atoms with Gasteiger partial charge in [-0.15, -0.1) is 0 Å². The fourth-order valence-corrected chi connectivity index (χ4v) is 3.53. The van der Waals surface area contributed by atoms with Crippen molar-refractivity contribution in [1.82, 2.24) is 4.90 Å². The highest BCUT2D eigenvalue weighted by Gasteiger charge is 2.34. The number of carbonyl (C=O) groups excluding carboxylic acids is 3. The zero-order valence-corrected chi connectivity index (χ0v) is 15.5. The molecule has 2 amide bonds. The molecule has 0 spiro atoms. The summed E-state index contributed by atoms with van der Waals surface area (Å²) in [5.41, 5.74) is 0.672. The topological polar surface area (TPSA) is 102 Å². The highest BCUT2D eigenvalue weighted by Crippen LogP contribution is 2.29. The molecule has 0 aromatic heterocycles. The smallest absolute Gasteiger partial charge is 0.238 e. The number of amidine groups is 1. The molecule has 1 heterocycles. The second-order valence-electron chi connectivity index (χ2n) is 5.99. The minimum Gasteiger partial charge on any atom is -0.545 e. The number of nitrogens with zero attached hydrogens (tertiary/aromatic N) is 2. The van der Waals surface area contributed by atoms with Crippen molar-refractivity contribution in [3.05, 3.63) is 59.9 Å². The highest BCUT2D eigenvalue weighted by molar-refractivity contribution is 8.15. The van der Waals surface area contributed by atoms with E-state index in [4.69, 9.17) is 0 Å². The number of hydrogen-bond donors (Lipinski definition) is 1. The van der Waals surface area contributed by atoms with Crippen LogP contribution in [0.15, 0.2) is 53.5 Å². The SMILES string of the molecule is CN1C(=O)C[C@@H](C(=O)Nc2cccc(C(=O)[O-])c2)SC1=Nc1ccc(F)cc1. The van der Waals surface area contributed by atoms with Crippen molar-refractivity contribution in [3.63, 3.8) is 0 Å². The minimum atomic E-state index is -1.35. The quantitative estimate of drug-likeness (QED) is 0.843. The van der Waals surface area contributed by atoms with E-state index in [0.29, 0.717) is 10.9 Å². The van der Waals surface area contributed by atoms with Crippen molar-refractivity contribution >= 4 is 46.1 Å². The summed E-state index contributed by atoms with van der Waals surface area (Å²) in [6, 6.07) is 11.1. The van der Waals surface area contributed by atoms with Crippen LogP contribution in [0.5, 0.6) is 0 Å². The van der Waals surface area contributed by atoms with Gasteiger partial charge in [0.25, 0.3) is 0 Å². The predicted octanol–water partition coefficient (Wildman–Crippen LogP) is 1.78. The number of anilines is 1. The van der Waals surface area contributed by atoms with Gasteiger partial charge in [-0.2, -0.15) is 0 Å². The lowest BCUT2D eigenvalue weighted by atomic mass is 10.2. The summed E-state index contributed by atoms with van der Waals surface area (Å²) in [4.78, 5) is 41.4. The lowest BCUT2D eigenvalue weighted by molar-refractivity contribution is -0.255. The van der Waals surface area contributed by atoms with E-state index < -0.39 is 22.9 Å². The first-order chi connectivity index (χ1) is 13.3. The summed E-state index contributed by atoms with van der Waals surface area (Å²) in [6.45, 7) is 0. The summed E-state index contributed by atoms with van der Waals surface area (Å²) in [6.07, 6.45) is -0.0321. The first-order valence-corrected chi connectivity index (χ1v) is 9.11. The molecule has 144 valence electrons. The monoisotopic (exact) mass is 400 g/mol. The van der Waals surface area contributed by atoms with Crippen LogP contribution in [0.2, 0.25) is 0 Å². The second kappa shape index (κ2) is 8.22. The number of aliphatic imine (C=N–C) groups is 1. The molecule has 2 aromatic carbocycles. The van der Waals surface area contributed by atoms with Crippen molar-refractivity contribution in [2.75, 3.05) is 12.4 Å². The number of carboxylic acid groups (broad SMARTS) is 1. The third-order valence-electron chi connectivity index (χ3n) is 3.98. The van der Waals surface area contributed by atoms with Crippen LogP contribution < -0.4 is 10.4 Å². The molecule has 9 heteroatoms. The van der Waals surface area contributed by atoms with Gasteiger partial charge in [-0.3, -0.25) is 14.5 Å². The van der Waals surface area contributed by atoms with E-state index >= 15 is 0 Å². The molecule has 2 aromatic rings. The zero-order valence-electron chi connectivity index (χ0n) is 14.7. The summed E-state index contributed by atoms with van der Waals surface area (Å²) in [7, 11) is 1.55. The lowest BCUT2D eigenvalue weighted by Crippen LogP contribution is -2.43. The Labute approximate surface area is 164 Å². The van der Waals surface area contributed by atoms with Gasteiger partial charge in [-0.05, 0) is 42.0 Å². The normalized spacial score (nSPS) is 18.2. The van der Waals surface area contributed by atoms with E-state index in [2.05, 4.69) is 10.3 Å². The van der Waals surface area contributed by atoms with Crippen LogP contribution in [0.4, 0.5) is 15.8 Å². The first kappa shape index (κ1) is 19.6. The molecule has 0 saturated carbocycles. The van der Waals surface area contributed by atoms with Crippen LogP contribution in [0, 0.1) is 5.82 Å². The van der Waals surface area contributed by atoms with Gasteiger partial charge in [0, 0.05) is 19.2 Å². The summed E-state index contributed by atoms with van der Waals surface area (Å²) in [5.74, 6) is -2.49. The maximum absolute atomic E-state index is 13.0. The molecular formula is C19H15FN3O4S-. The second-order valence-corrected chi connectivity index (χ2v) is 7.16. The largest absolute Gasteiger partial charge is 0.545 e. The van der Waals surface area contributed by atoms with Crippen LogP contribution in [-0.4, -0.2) is 40.1 Å². The van der Waals surface area contributed by atoms with Crippen molar-refractivity contribution in [1.29, 1.82) is 0 Å². The van der Waals surface area contributed by atoms with Gasteiger partial charge in [0.1, 0.15) is 11.1 Å². The van der Waals surface area contributed by atoms with E-state index in [0.717, 1.165) is 11.8 Å². The van der Waals surface area contributed by atoms with Crippen LogP contribution in [0.25, 0.3) is 0 Å². The molecule has 0 unspecified atom stereocenters. The third kappa shape index (κ3) is 4.55. The summed E-state index contributed by atoms with van der Waals surface area (Å²) < 4.78 is 13.0. The molecule has 1 saturated heterocycles. The number of nitrogens with one attached hydrogen (secondary N) is 1. The van der Waals surface area contributed by atoms with Crippen molar-refractivity contribution in [2.24, 2.45) is 4.99 Å². The molecule has 1 fully saturated rings. The molecule has 1 N–H and O–H groups in total. The molecule has 0 radical (unpaired) electrons. The zero-order chi connectivity index (χ0) is 20.3. The molecule has 0 aliphatic carbocycles. The Morgan fingerprint density at radius 2 is 1.96 bits per heavy atom. The van der Waals surface area contributed by atoms with Gasteiger partial charge < -0.3 is 15.2 Å². The standard InChI is InChI=1S/C19H16FN3O4S/c1-23-16(24)10-15(28-19(23)22-13-7-5-12(20)6-8-13)17(25)21-14-4-2-3-11(9-14)18(26)27/h2-9,15H,10H2,1H3,(H,21,25)(H,26,27)/p-1/t15-/m0/s1. The van der Waals surface area contributed by atoms with E-state index in [1.54, 1.807) is 13.1 Å². The lowest BCUT2D eigenvalue weighted by Gasteiger charge is -2.28. The van der Waals surface area contributed by atoms with Crippen molar-refractivity contribution in [2.45, 2.75) is 11.7 Å². The molecule has 0 bridgehead atoms. The molecule has 7 nitrogen and oxygen atoms in total. The minimum absolute atomic E-state index is 0.0321. The fraction of sp³-hybridized carbons (Fsp3) is 0.158. The van der Waals surface area contributed by atoms with Crippen LogP contribution >= 0.6 is 11.8 Å². The Kier molecular flexibility index (Phi) is 5.74. The van der Waals surface area contributed by atoms with Gasteiger partial charge in [0.05, 0.1) is 11.7 Å². The van der Waals surface area contributed by atoms with Gasteiger partial charge in [-0.25, -0.2) is 9.38 Å². The highest BCUT2D eigenvalue weighted by atomic mass is 32.2. The maximum Gasteiger partial charge on any atom is 0.238 e. The predicted molar refractivity (Wildman–Crippen MR) is 102 cm³/mol. The number of aromatic carboxylic acids is 1. The number of amides is 2. The first-order valence-electron chi connectivity index (χ1n) is 8.23. The fourth-order valence-electron chi connectivity index (χ4n) is 2.47. The number of benzene rings is 2. The van der Waals surface area contributed by atoms with Crippen molar-refractivity contribution < 1.29 is 23.9 Å². The molecule has 1 aliphatic heterocycles. The molecule has 1 atom stereocenters. The van der Waals surface area contributed by atoms with Crippen LogP contribution in [0.1, 0.15) is 16.8 Å². The summed E-state index contributed by atoms with van der Waals surface area (Å²) in [5, 5.41) is 13.1. The Morgan fingerprint density at radius 1 is 1.25 bits per heavy atom. The van der Waals surface area contributed by atoms with E-state index in [1.165, 1.54) is 47.4 Å². The Morgan fingerprint density at radius 3 is 2.64 bits per heavy atom. The van der Waals surface area contributed by atoms with Crippen molar-refractivity contribution in [3.8, 4) is 0 Å². The third-order valence-corrected chi connectivity index (χ3v) is 5.22. The molecular weight excluding hydrogens is 385 g/mol. The summed E-state index contributed by atoms with van der Waals surface area (Å²) >= 11 is 1.10. The van der Waals surface area contributed by atoms with Crippen LogP contribution in [0.3, 0.4) is 0 Å². The molecule has 1 aliphatic rings. The Balaban J connectivity index is 1.77. The van der Waals surface area contributed by atoms with Gasteiger partial charge in [0.2, 0.25) is 11.8 Å². The number of rotatable bonds is 4. The molecule has 28 heavy (non-hydrogen) atoms. The van der Waals surface area contributed by atoms with E-state index in [-0.39, 0.29) is 23.6 Å². The number of thioether (sulfide) groups is 1.